The maximum absolute atomic E-state index is 13.0. The zero-order valence-electron chi connectivity index (χ0n) is 14.2. The lowest BCUT2D eigenvalue weighted by Crippen LogP contribution is -2.22. The van der Waals surface area contributed by atoms with Gasteiger partial charge in [0.1, 0.15) is 5.71 Å². The summed E-state index contributed by atoms with van der Waals surface area (Å²) in [4.78, 5) is 4.21. The van der Waals surface area contributed by atoms with Gasteiger partial charge in [0.25, 0.3) is 0 Å². The van der Waals surface area contributed by atoms with Crippen LogP contribution >= 0.6 is 12.4 Å². The molecular weight excluding hydrogens is 367 g/mol. The van der Waals surface area contributed by atoms with Crippen LogP contribution in [0.5, 0.6) is 0 Å². The molecule has 0 saturated carbocycles. The number of aromatic nitrogens is 1. The van der Waals surface area contributed by atoms with Crippen LogP contribution in [-0.4, -0.2) is 16.7 Å². The number of pyridine rings is 1. The molecule has 2 aromatic rings. The smallest absolute Gasteiger partial charge is 0.369 e. The molecule has 140 valence electrons. The molecule has 0 spiro atoms. The second kappa shape index (κ2) is 8.66. The summed E-state index contributed by atoms with van der Waals surface area (Å²) in [6.45, 7) is 3.99. The summed E-state index contributed by atoms with van der Waals surface area (Å²) >= 11 is 0. The summed E-state index contributed by atoms with van der Waals surface area (Å²) in [5.74, 6) is -0.0860. The van der Waals surface area contributed by atoms with E-state index in [1.807, 2.05) is 19.9 Å². The van der Waals surface area contributed by atoms with Crippen LogP contribution in [0.2, 0.25) is 0 Å². The van der Waals surface area contributed by atoms with Crippen molar-refractivity contribution >= 4 is 24.1 Å². The van der Waals surface area contributed by atoms with E-state index in [1.165, 1.54) is 12.1 Å². The predicted molar refractivity (Wildman–Crippen MR) is 98.5 cm³/mol. The molecule has 2 rings (SSSR count). The summed E-state index contributed by atoms with van der Waals surface area (Å²) in [6, 6.07) is 8.37. The summed E-state index contributed by atoms with van der Waals surface area (Å²) in [5.41, 5.74) is 11.5. The zero-order valence-corrected chi connectivity index (χ0v) is 15.0. The topological polar surface area (TPSA) is 89.6 Å². The Labute approximate surface area is 155 Å². The van der Waals surface area contributed by atoms with E-state index in [9.17, 15) is 13.2 Å². The molecule has 0 bridgehead atoms. The molecule has 0 aliphatic carbocycles. The van der Waals surface area contributed by atoms with Crippen molar-refractivity contribution in [1.82, 2.24) is 4.98 Å². The van der Waals surface area contributed by atoms with E-state index >= 15 is 0 Å². The number of rotatable bonds is 4. The molecule has 0 saturated heterocycles. The van der Waals surface area contributed by atoms with Crippen molar-refractivity contribution in [2.75, 3.05) is 0 Å². The van der Waals surface area contributed by atoms with E-state index in [4.69, 9.17) is 11.5 Å². The van der Waals surface area contributed by atoms with E-state index in [0.717, 1.165) is 17.7 Å². The monoisotopic (exact) mass is 385 g/mol. The third-order valence-corrected chi connectivity index (χ3v) is 3.42. The first-order valence-electron chi connectivity index (χ1n) is 7.49. The molecule has 0 unspecified atom stereocenters. The largest absolute Gasteiger partial charge is 0.416 e. The van der Waals surface area contributed by atoms with Crippen LogP contribution < -0.4 is 11.5 Å². The van der Waals surface area contributed by atoms with E-state index in [1.54, 1.807) is 12.3 Å². The van der Waals surface area contributed by atoms with Gasteiger partial charge in [-0.15, -0.1) is 22.6 Å². The van der Waals surface area contributed by atoms with Crippen molar-refractivity contribution < 1.29 is 13.2 Å². The van der Waals surface area contributed by atoms with Crippen molar-refractivity contribution in [2.24, 2.45) is 21.7 Å². The Balaban J connectivity index is 0.00000338. The lowest BCUT2D eigenvalue weighted by atomic mass is 9.99. The van der Waals surface area contributed by atoms with E-state index < -0.39 is 11.7 Å². The van der Waals surface area contributed by atoms with E-state index in [0.29, 0.717) is 5.69 Å². The van der Waals surface area contributed by atoms with E-state index in [-0.39, 0.29) is 35.6 Å². The fraction of sp³-hybridized carbons (Fsp3) is 0.235. The standard InChI is InChI=1S/C17H18F3N5.ClH/c1-10(2)11-6-7-23-14(9-11)15(24-25-16(21)22)12-4-3-5-13(8-12)17(18,19)20;/h3-10H,1-2H3,(H4,21,22,25);1H/b24-15-;. The molecule has 0 aliphatic heterocycles. The Morgan fingerprint density at radius 3 is 2.35 bits per heavy atom. The maximum atomic E-state index is 13.0. The molecule has 0 fully saturated rings. The Bertz CT molecular complexity index is 812. The molecule has 0 atom stereocenters. The lowest BCUT2D eigenvalue weighted by molar-refractivity contribution is -0.137. The number of nitrogens with two attached hydrogens (primary N) is 2. The minimum Gasteiger partial charge on any atom is -0.369 e. The fourth-order valence-electron chi connectivity index (χ4n) is 2.14. The van der Waals surface area contributed by atoms with Gasteiger partial charge in [0, 0.05) is 11.8 Å². The number of benzene rings is 1. The normalized spacial score (nSPS) is 11.8. The molecule has 0 radical (unpaired) electrons. The number of hydrogen-bond acceptors (Lipinski definition) is 3. The highest BCUT2D eigenvalue weighted by atomic mass is 35.5. The van der Waals surface area contributed by atoms with Gasteiger partial charge in [-0.3, -0.25) is 4.98 Å². The third kappa shape index (κ3) is 5.45. The molecule has 1 aromatic heterocycles. The van der Waals surface area contributed by atoms with Gasteiger partial charge in [0.2, 0.25) is 5.96 Å². The summed E-state index contributed by atoms with van der Waals surface area (Å²) in [7, 11) is 0. The van der Waals surface area contributed by atoms with Gasteiger partial charge in [-0.05, 0) is 35.7 Å². The average molecular weight is 386 g/mol. The Morgan fingerprint density at radius 1 is 1.08 bits per heavy atom. The zero-order chi connectivity index (χ0) is 18.6. The van der Waals surface area contributed by atoms with Crippen LogP contribution in [0, 0.1) is 0 Å². The van der Waals surface area contributed by atoms with Crippen LogP contribution in [-0.2, 0) is 6.18 Å². The molecule has 1 heterocycles. The molecular formula is C17H19ClF3N5. The van der Waals surface area contributed by atoms with Crippen molar-refractivity contribution in [3.63, 3.8) is 0 Å². The predicted octanol–water partition coefficient (Wildman–Crippen LogP) is 3.67. The highest BCUT2D eigenvalue weighted by molar-refractivity contribution is 6.12. The van der Waals surface area contributed by atoms with Gasteiger partial charge in [-0.2, -0.15) is 13.2 Å². The van der Waals surface area contributed by atoms with Crippen LogP contribution in [0.4, 0.5) is 13.2 Å². The maximum Gasteiger partial charge on any atom is 0.416 e. The van der Waals surface area contributed by atoms with Gasteiger partial charge in [-0.1, -0.05) is 26.0 Å². The molecule has 1 aromatic carbocycles. The molecule has 9 heteroatoms. The first-order chi connectivity index (χ1) is 11.7. The first-order valence-corrected chi connectivity index (χ1v) is 7.49. The fourth-order valence-corrected chi connectivity index (χ4v) is 2.14. The minimum absolute atomic E-state index is 0. The number of guanidine groups is 1. The number of halogens is 4. The van der Waals surface area contributed by atoms with Crippen LogP contribution in [0.15, 0.2) is 52.8 Å². The van der Waals surface area contributed by atoms with Gasteiger partial charge in [-0.25, -0.2) is 0 Å². The number of alkyl halides is 3. The highest BCUT2D eigenvalue weighted by Crippen LogP contribution is 2.30. The summed E-state index contributed by atoms with van der Waals surface area (Å²) in [6.07, 6.45) is -2.90. The Morgan fingerprint density at radius 2 is 1.77 bits per heavy atom. The number of hydrogen-bond donors (Lipinski definition) is 2. The molecule has 26 heavy (non-hydrogen) atoms. The van der Waals surface area contributed by atoms with Crippen molar-refractivity contribution in [3.05, 3.63) is 65.0 Å². The van der Waals surface area contributed by atoms with Crippen LogP contribution in [0.1, 0.15) is 42.1 Å². The Kier molecular flexibility index (Phi) is 7.14. The molecule has 0 aliphatic rings. The van der Waals surface area contributed by atoms with Crippen molar-refractivity contribution in [1.29, 1.82) is 0 Å². The summed E-state index contributed by atoms with van der Waals surface area (Å²) in [5, 5.41) is 7.50. The van der Waals surface area contributed by atoms with Crippen molar-refractivity contribution in [2.45, 2.75) is 25.9 Å². The SMILES string of the molecule is CC(C)c1ccnc(/C(=N\N=C(N)N)c2cccc(C(F)(F)F)c2)c1.Cl. The minimum atomic E-state index is -4.47. The second-order valence-corrected chi connectivity index (χ2v) is 5.68. The van der Waals surface area contributed by atoms with Crippen LogP contribution in [0.3, 0.4) is 0 Å². The van der Waals surface area contributed by atoms with E-state index in [2.05, 4.69) is 15.2 Å². The highest BCUT2D eigenvalue weighted by Gasteiger charge is 2.30. The van der Waals surface area contributed by atoms with Gasteiger partial charge >= 0.3 is 6.18 Å². The quantitative estimate of drug-likeness (QED) is 0.478. The molecule has 0 amide bonds. The Hall–Kier alpha value is -2.61. The summed E-state index contributed by atoms with van der Waals surface area (Å²) < 4.78 is 39.0. The van der Waals surface area contributed by atoms with Gasteiger partial charge < -0.3 is 11.5 Å². The first kappa shape index (κ1) is 21.4. The van der Waals surface area contributed by atoms with Crippen molar-refractivity contribution in [3.8, 4) is 0 Å². The van der Waals surface area contributed by atoms with Gasteiger partial charge in [0.15, 0.2) is 0 Å². The van der Waals surface area contributed by atoms with Crippen LogP contribution in [0.25, 0.3) is 0 Å². The van der Waals surface area contributed by atoms with Gasteiger partial charge in [0.05, 0.1) is 11.3 Å². The molecule has 5 nitrogen and oxygen atoms in total. The second-order valence-electron chi connectivity index (χ2n) is 5.68. The lowest BCUT2D eigenvalue weighted by Gasteiger charge is -2.11. The number of nitrogens with zero attached hydrogens (tertiary/aromatic N) is 3. The third-order valence-electron chi connectivity index (χ3n) is 3.42. The molecule has 4 N–H and O–H groups in total. The average Bonchev–Trinajstić information content (AvgIpc) is 2.54.